The molecule has 2 N–H and O–H groups in total. The summed E-state index contributed by atoms with van der Waals surface area (Å²) in [4.78, 5) is 28.2. The third kappa shape index (κ3) is 4.11. The highest BCUT2D eigenvalue weighted by Crippen LogP contribution is 2.22. The normalized spacial score (nSPS) is 11.0. The van der Waals surface area contributed by atoms with Gasteiger partial charge in [0.05, 0.1) is 11.4 Å². The van der Waals surface area contributed by atoms with Crippen LogP contribution in [0, 0.1) is 6.92 Å². The predicted molar refractivity (Wildman–Crippen MR) is 102 cm³/mol. The standard InChI is InChI=1S/C19H22N6O2/c1-12(2)22-17(26)8-10-21-19(27)18-13(3)25(24-23-18)16-6-4-5-14-11-20-9-7-15(14)16/h4-7,9,11-12H,8,10H2,1-3H3,(H,21,27)(H,22,26). The van der Waals surface area contributed by atoms with Crippen molar-refractivity contribution < 1.29 is 9.59 Å². The third-order valence-electron chi connectivity index (χ3n) is 4.08. The van der Waals surface area contributed by atoms with E-state index >= 15 is 0 Å². The Hall–Kier alpha value is -3.29. The zero-order valence-electron chi connectivity index (χ0n) is 15.6. The average Bonchev–Trinajstić information content (AvgIpc) is 3.02. The summed E-state index contributed by atoms with van der Waals surface area (Å²) < 4.78 is 1.64. The SMILES string of the molecule is Cc1c(C(=O)NCCC(=O)NC(C)C)nnn1-c1cccc2cnccc12. The van der Waals surface area contributed by atoms with E-state index in [1.165, 1.54) is 0 Å². The van der Waals surface area contributed by atoms with E-state index in [4.69, 9.17) is 0 Å². The van der Waals surface area contributed by atoms with Crippen LogP contribution in [0.5, 0.6) is 0 Å². The smallest absolute Gasteiger partial charge is 0.273 e. The minimum absolute atomic E-state index is 0.0752. The van der Waals surface area contributed by atoms with Gasteiger partial charge in [-0.2, -0.15) is 0 Å². The van der Waals surface area contributed by atoms with Gasteiger partial charge in [0, 0.05) is 42.2 Å². The lowest BCUT2D eigenvalue weighted by Gasteiger charge is -2.09. The van der Waals surface area contributed by atoms with E-state index in [1.807, 2.05) is 38.1 Å². The second kappa shape index (κ2) is 7.94. The lowest BCUT2D eigenvalue weighted by atomic mass is 10.1. The van der Waals surface area contributed by atoms with Crippen LogP contribution in [0.3, 0.4) is 0 Å². The molecule has 0 radical (unpaired) electrons. The van der Waals surface area contributed by atoms with Crippen molar-refractivity contribution in [3.63, 3.8) is 0 Å². The van der Waals surface area contributed by atoms with Crippen molar-refractivity contribution in [3.05, 3.63) is 48.0 Å². The molecular formula is C19H22N6O2. The molecular weight excluding hydrogens is 344 g/mol. The van der Waals surface area contributed by atoms with Gasteiger partial charge in [0.15, 0.2) is 5.69 Å². The molecule has 0 unspecified atom stereocenters. The third-order valence-corrected chi connectivity index (χ3v) is 4.08. The maximum absolute atomic E-state index is 12.4. The molecule has 3 rings (SSSR count). The molecule has 1 aromatic carbocycles. The van der Waals surface area contributed by atoms with E-state index in [-0.39, 0.29) is 36.5 Å². The van der Waals surface area contributed by atoms with Gasteiger partial charge in [-0.15, -0.1) is 5.10 Å². The second-order valence-corrected chi connectivity index (χ2v) is 6.54. The van der Waals surface area contributed by atoms with Crippen molar-refractivity contribution in [1.29, 1.82) is 0 Å². The van der Waals surface area contributed by atoms with Gasteiger partial charge in [0.25, 0.3) is 5.91 Å². The fraction of sp³-hybridized carbons (Fsp3) is 0.316. The zero-order valence-corrected chi connectivity index (χ0v) is 15.6. The summed E-state index contributed by atoms with van der Waals surface area (Å²) >= 11 is 0. The number of carbonyl (C=O) groups excluding carboxylic acids is 2. The minimum Gasteiger partial charge on any atom is -0.354 e. The van der Waals surface area contributed by atoms with Crippen molar-refractivity contribution in [2.75, 3.05) is 6.54 Å². The molecule has 0 fully saturated rings. The molecule has 0 saturated heterocycles. The highest BCUT2D eigenvalue weighted by Gasteiger charge is 2.18. The van der Waals surface area contributed by atoms with Crippen molar-refractivity contribution in [2.24, 2.45) is 0 Å². The summed E-state index contributed by atoms with van der Waals surface area (Å²) in [7, 11) is 0. The molecule has 0 aliphatic heterocycles. The summed E-state index contributed by atoms with van der Waals surface area (Å²) in [5.74, 6) is -0.451. The maximum atomic E-state index is 12.4. The van der Waals surface area contributed by atoms with Gasteiger partial charge in [-0.1, -0.05) is 17.3 Å². The number of fused-ring (bicyclic) bond motifs is 1. The number of aromatic nitrogens is 4. The number of benzene rings is 1. The van der Waals surface area contributed by atoms with Gasteiger partial charge in [0.2, 0.25) is 5.91 Å². The van der Waals surface area contributed by atoms with Crippen molar-refractivity contribution in [2.45, 2.75) is 33.2 Å². The molecule has 3 aromatic rings. The van der Waals surface area contributed by atoms with Crippen molar-refractivity contribution in [1.82, 2.24) is 30.6 Å². The molecule has 8 heteroatoms. The molecule has 0 aliphatic rings. The highest BCUT2D eigenvalue weighted by molar-refractivity contribution is 5.94. The first-order chi connectivity index (χ1) is 13.0. The second-order valence-electron chi connectivity index (χ2n) is 6.54. The van der Waals surface area contributed by atoms with Crippen LogP contribution < -0.4 is 10.6 Å². The Morgan fingerprint density at radius 2 is 2.04 bits per heavy atom. The summed E-state index contributed by atoms with van der Waals surface area (Å²) in [5.41, 5.74) is 1.70. The fourth-order valence-electron chi connectivity index (χ4n) is 2.83. The van der Waals surface area contributed by atoms with E-state index in [0.717, 1.165) is 16.5 Å². The van der Waals surface area contributed by atoms with Crippen LogP contribution in [0.4, 0.5) is 0 Å². The number of hydrogen-bond donors (Lipinski definition) is 2. The average molecular weight is 366 g/mol. The van der Waals surface area contributed by atoms with Crippen LogP contribution >= 0.6 is 0 Å². The van der Waals surface area contributed by atoms with Crippen LogP contribution in [0.2, 0.25) is 0 Å². The van der Waals surface area contributed by atoms with Crippen LogP contribution in [-0.2, 0) is 4.79 Å². The van der Waals surface area contributed by atoms with E-state index < -0.39 is 0 Å². The summed E-state index contributed by atoms with van der Waals surface area (Å²) in [6.07, 6.45) is 3.71. The Kier molecular flexibility index (Phi) is 5.44. The lowest BCUT2D eigenvalue weighted by molar-refractivity contribution is -0.121. The number of carbonyl (C=O) groups is 2. The Morgan fingerprint density at radius 3 is 2.81 bits per heavy atom. The number of nitrogens with zero attached hydrogens (tertiary/aromatic N) is 4. The molecule has 0 bridgehead atoms. The molecule has 2 aromatic heterocycles. The summed E-state index contributed by atoms with van der Waals surface area (Å²) in [5, 5.41) is 15.6. The Bertz CT molecular complexity index is 974. The molecule has 0 saturated carbocycles. The molecule has 2 amide bonds. The fourth-order valence-corrected chi connectivity index (χ4v) is 2.83. The number of hydrogen-bond acceptors (Lipinski definition) is 5. The molecule has 0 atom stereocenters. The van der Waals surface area contributed by atoms with Gasteiger partial charge >= 0.3 is 0 Å². The van der Waals surface area contributed by atoms with E-state index in [1.54, 1.807) is 24.0 Å². The molecule has 8 nitrogen and oxygen atoms in total. The first-order valence-electron chi connectivity index (χ1n) is 8.80. The van der Waals surface area contributed by atoms with Crippen LogP contribution in [-0.4, -0.2) is 44.4 Å². The Labute approximate surface area is 157 Å². The largest absolute Gasteiger partial charge is 0.354 e. The number of pyridine rings is 1. The molecule has 140 valence electrons. The predicted octanol–water partition coefficient (Wildman–Crippen LogP) is 1.77. The summed E-state index contributed by atoms with van der Waals surface area (Å²) in [6.45, 7) is 5.81. The van der Waals surface area contributed by atoms with Crippen LogP contribution in [0.1, 0.15) is 36.5 Å². The quantitative estimate of drug-likeness (QED) is 0.692. The zero-order chi connectivity index (χ0) is 19.4. The first-order valence-corrected chi connectivity index (χ1v) is 8.80. The van der Waals surface area contributed by atoms with E-state index in [0.29, 0.717) is 5.69 Å². The maximum Gasteiger partial charge on any atom is 0.273 e. The minimum atomic E-state index is -0.349. The lowest BCUT2D eigenvalue weighted by Crippen LogP contribution is -2.34. The van der Waals surface area contributed by atoms with E-state index in [2.05, 4.69) is 25.9 Å². The van der Waals surface area contributed by atoms with Crippen LogP contribution in [0.15, 0.2) is 36.7 Å². The molecule has 0 spiro atoms. The van der Waals surface area contributed by atoms with Gasteiger partial charge in [-0.25, -0.2) is 4.68 Å². The highest BCUT2D eigenvalue weighted by atomic mass is 16.2. The van der Waals surface area contributed by atoms with Crippen molar-refractivity contribution in [3.8, 4) is 5.69 Å². The number of amides is 2. The van der Waals surface area contributed by atoms with Gasteiger partial charge in [-0.05, 0) is 32.9 Å². The number of nitrogens with one attached hydrogen (secondary N) is 2. The van der Waals surface area contributed by atoms with Gasteiger partial charge < -0.3 is 10.6 Å². The van der Waals surface area contributed by atoms with Crippen LogP contribution in [0.25, 0.3) is 16.5 Å². The number of rotatable bonds is 6. The molecule has 27 heavy (non-hydrogen) atoms. The molecule has 0 aliphatic carbocycles. The Morgan fingerprint density at radius 1 is 1.22 bits per heavy atom. The monoisotopic (exact) mass is 366 g/mol. The van der Waals surface area contributed by atoms with Gasteiger partial charge in [-0.3, -0.25) is 14.6 Å². The molecule has 2 heterocycles. The van der Waals surface area contributed by atoms with Crippen molar-refractivity contribution >= 4 is 22.6 Å². The summed E-state index contributed by atoms with van der Waals surface area (Å²) in [6, 6.07) is 7.77. The van der Waals surface area contributed by atoms with E-state index in [9.17, 15) is 9.59 Å². The first kappa shape index (κ1) is 18.5. The van der Waals surface area contributed by atoms with Gasteiger partial charge in [0.1, 0.15) is 0 Å². The topological polar surface area (TPSA) is 102 Å². The Balaban J connectivity index is 1.75.